The quantitative estimate of drug-likeness (QED) is 0.173. The number of furan rings is 2. The van der Waals surface area contributed by atoms with Gasteiger partial charge in [0.05, 0.1) is 33.1 Å². The first-order valence-electron chi connectivity index (χ1n) is 21.4. The molecule has 298 valence electrons. The zero-order chi connectivity index (χ0) is 41.9. The van der Waals surface area contributed by atoms with E-state index in [4.69, 9.17) is 23.8 Å². The summed E-state index contributed by atoms with van der Waals surface area (Å²) in [4.78, 5) is 15.8. The molecule has 0 fully saturated rings. The molecule has 7 heteroatoms. The zero-order valence-electron chi connectivity index (χ0n) is 34.1. The molecule has 0 atom stereocenters. The van der Waals surface area contributed by atoms with Crippen LogP contribution in [-0.2, 0) is 0 Å². The first-order chi connectivity index (χ1) is 31.7. The highest BCUT2D eigenvalue weighted by Gasteiger charge is 2.25. The summed E-state index contributed by atoms with van der Waals surface area (Å²) in [7, 11) is 0. The lowest BCUT2D eigenvalue weighted by molar-refractivity contribution is 0.669. The van der Waals surface area contributed by atoms with Gasteiger partial charge < -0.3 is 13.4 Å². The van der Waals surface area contributed by atoms with Gasteiger partial charge in [-0.3, -0.25) is 4.57 Å². The lowest BCUT2D eigenvalue weighted by atomic mass is 10.0. The van der Waals surface area contributed by atoms with Crippen LogP contribution in [0.2, 0.25) is 0 Å². The van der Waals surface area contributed by atoms with Gasteiger partial charge in [-0.25, -0.2) is 4.98 Å². The number of benzene rings is 9. The van der Waals surface area contributed by atoms with Crippen molar-refractivity contribution in [2.75, 3.05) is 0 Å². The second-order valence-electron chi connectivity index (χ2n) is 16.3. The molecule has 14 rings (SSSR count). The van der Waals surface area contributed by atoms with Crippen molar-refractivity contribution in [2.24, 2.45) is 0 Å². The smallest absolute Gasteiger partial charge is 0.238 e. The molecule has 0 aliphatic rings. The maximum atomic E-state index is 6.78. The summed E-state index contributed by atoms with van der Waals surface area (Å²) in [5.74, 6) is 1.66. The first-order valence-corrected chi connectivity index (χ1v) is 21.4. The Balaban J connectivity index is 1.08. The van der Waals surface area contributed by atoms with Crippen molar-refractivity contribution in [3.05, 3.63) is 200 Å². The molecule has 0 aliphatic carbocycles. The van der Waals surface area contributed by atoms with Crippen molar-refractivity contribution in [2.45, 2.75) is 0 Å². The maximum Gasteiger partial charge on any atom is 0.238 e. The second-order valence-corrected chi connectivity index (χ2v) is 16.3. The molecule has 64 heavy (non-hydrogen) atoms. The number of para-hydroxylation sites is 4. The molecule has 14 aromatic rings. The van der Waals surface area contributed by atoms with Crippen molar-refractivity contribution in [1.82, 2.24) is 24.1 Å². The van der Waals surface area contributed by atoms with Crippen molar-refractivity contribution in [3.63, 3.8) is 0 Å². The molecule has 0 unspecified atom stereocenters. The van der Waals surface area contributed by atoms with E-state index in [1.807, 2.05) is 66.7 Å². The predicted octanol–water partition coefficient (Wildman–Crippen LogP) is 14.9. The summed E-state index contributed by atoms with van der Waals surface area (Å²) in [6.07, 6.45) is 0. The summed E-state index contributed by atoms with van der Waals surface area (Å²) >= 11 is 0. The predicted molar refractivity (Wildman–Crippen MR) is 259 cm³/mol. The minimum absolute atomic E-state index is 0.527. The van der Waals surface area contributed by atoms with Crippen LogP contribution in [0.15, 0.2) is 209 Å². The molecule has 5 heterocycles. The third-order valence-electron chi connectivity index (χ3n) is 12.8. The van der Waals surface area contributed by atoms with E-state index in [0.29, 0.717) is 17.6 Å². The minimum atomic E-state index is 0.527. The van der Waals surface area contributed by atoms with Crippen molar-refractivity contribution < 1.29 is 8.83 Å². The minimum Gasteiger partial charge on any atom is -0.456 e. The molecule has 0 bridgehead atoms. The zero-order valence-corrected chi connectivity index (χ0v) is 34.1. The van der Waals surface area contributed by atoms with Gasteiger partial charge in [0.15, 0.2) is 11.6 Å². The summed E-state index contributed by atoms with van der Waals surface area (Å²) in [5, 5.41) is 8.70. The Bertz CT molecular complexity index is 4200. The van der Waals surface area contributed by atoms with E-state index >= 15 is 0 Å². The Kier molecular flexibility index (Phi) is 7.27. The van der Waals surface area contributed by atoms with Gasteiger partial charge >= 0.3 is 0 Å². The van der Waals surface area contributed by atoms with Crippen LogP contribution in [0.25, 0.3) is 133 Å². The Morgan fingerprint density at radius 3 is 1.72 bits per heavy atom. The number of hydrogen-bond acceptors (Lipinski definition) is 5. The first kappa shape index (κ1) is 34.9. The van der Waals surface area contributed by atoms with Gasteiger partial charge in [-0.2, -0.15) is 9.97 Å². The summed E-state index contributed by atoms with van der Waals surface area (Å²) in [5.41, 5.74) is 12.4. The molecule has 0 spiro atoms. The fraction of sp³-hybridized carbons (Fsp3) is 0. The molecular weight excluding hydrogens is 787 g/mol. The van der Waals surface area contributed by atoms with Gasteiger partial charge in [0.25, 0.3) is 0 Å². The van der Waals surface area contributed by atoms with E-state index in [9.17, 15) is 0 Å². The van der Waals surface area contributed by atoms with Gasteiger partial charge in [-0.1, -0.05) is 146 Å². The van der Waals surface area contributed by atoms with E-state index in [0.717, 1.165) is 115 Å². The van der Waals surface area contributed by atoms with E-state index in [1.54, 1.807) is 0 Å². The van der Waals surface area contributed by atoms with Crippen LogP contribution in [0.3, 0.4) is 0 Å². The number of rotatable bonds is 5. The Labute approximate surface area is 364 Å². The fourth-order valence-electron chi connectivity index (χ4n) is 9.99. The lowest BCUT2D eigenvalue weighted by Crippen LogP contribution is -2.06. The molecule has 0 radical (unpaired) electrons. The standard InChI is InChI=1S/C57H33N5O2/c1-3-15-34(16-4-1)37-29-31-47(52-43-22-10-14-26-49(43)64-54(37)52)61-45-24-12-8-21-42(45)51-46(61)32-30-41-38-19-7-11-23-44(38)62(53(41)51)57-59-55(35-17-5-2-6-18-35)58-56(60-57)36-27-28-40-39-20-9-13-25-48(39)63-50(40)33-36/h1-33H. The molecule has 0 saturated carbocycles. The van der Waals surface area contributed by atoms with Gasteiger partial charge in [0.1, 0.15) is 22.3 Å². The molecule has 0 aliphatic heterocycles. The summed E-state index contributed by atoms with van der Waals surface area (Å²) in [6, 6.07) is 69.6. The molecule has 0 saturated heterocycles. The van der Waals surface area contributed by atoms with Crippen LogP contribution in [0.4, 0.5) is 0 Å². The normalized spacial score (nSPS) is 12.1. The highest BCUT2D eigenvalue weighted by atomic mass is 16.3. The Morgan fingerprint density at radius 1 is 0.344 bits per heavy atom. The fourth-order valence-corrected chi connectivity index (χ4v) is 9.99. The summed E-state index contributed by atoms with van der Waals surface area (Å²) in [6.45, 7) is 0. The monoisotopic (exact) mass is 819 g/mol. The molecular formula is C57H33N5O2. The van der Waals surface area contributed by atoms with Gasteiger partial charge in [-0.15, -0.1) is 0 Å². The van der Waals surface area contributed by atoms with Crippen LogP contribution < -0.4 is 0 Å². The van der Waals surface area contributed by atoms with Gasteiger partial charge in [0.2, 0.25) is 5.95 Å². The maximum absolute atomic E-state index is 6.78. The van der Waals surface area contributed by atoms with E-state index in [1.165, 1.54) is 0 Å². The number of fused-ring (bicyclic) bond motifs is 13. The third kappa shape index (κ3) is 5.00. The largest absolute Gasteiger partial charge is 0.456 e. The average molecular weight is 820 g/mol. The van der Waals surface area contributed by atoms with Crippen molar-refractivity contribution >= 4 is 87.5 Å². The summed E-state index contributed by atoms with van der Waals surface area (Å²) < 4.78 is 17.8. The van der Waals surface area contributed by atoms with Crippen LogP contribution >= 0.6 is 0 Å². The molecule has 0 amide bonds. The van der Waals surface area contributed by atoms with E-state index in [-0.39, 0.29) is 0 Å². The topological polar surface area (TPSA) is 74.8 Å². The SMILES string of the molecule is c1ccc(-c2nc(-c3ccc4c(c3)oc3ccccc34)nc(-n3c4ccccc4c4ccc5c(c6ccccc6n5-c5ccc(-c6ccccc6)c6oc7ccccc7c56)c43)n2)cc1. The lowest BCUT2D eigenvalue weighted by Gasteiger charge is -2.13. The number of nitrogens with zero attached hydrogens (tertiary/aromatic N) is 5. The molecule has 7 nitrogen and oxygen atoms in total. The van der Waals surface area contributed by atoms with Crippen LogP contribution in [0, 0.1) is 0 Å². The number of aromatic nitrogens is 5. The molecule has 9 aromatic carbocycles. The number of hydrogen-bond donors (Lipinski definition) is 0. The molecule has 5 aromatic heterocycles. The van der Waals surface area contributed by atoms with Crippen molar-refractivity contribution in [3.8, 4) is 45.5 Å². The van der Waals surface area contributed by atoms with E-state index in [2.05, 4.69) is 143 Å². The Morgan fingerprint density at radius 2 is 0.938 bits per heavy atom. The Hall–Kier alpha value is -8.81. The average Bonchev–Trinajstić information content (AvgIpc) is 4.12. The highest BCUT2D eigenvalue weighted by molar-refractivity contribution is 6.27. The molecule has 0 N–H and O–H groups in total. The van der Waals surface area contributed by atoms with Crippen molar-refractivity contribution in [1.29, 1.82) is 0 Å². The third-order valence-corrected chi connectivity index (χ3v) is 12.8. The van der Waals surface area contributed by atoms with Crippen LogP contribution in [0.5, 0.6) is 0 Å². The van der Waals surface area contributed by atoms with Crippen LogP contribution in [-0.4, -0.2) is 24.1 Å². The second kappa shape index (κ2) is 13.3. The van der Waals surface area contributed by atoms with E-state index < -0.39 is 0 Å². The highest BCUT2D eigenvalue weighted by Crippen LogP contribution is 2.45. The van der Waals surface area contributed by atoms with Gasteiger partial charge in [0, 0.05) is 54.4 Å². The van der Waals surface area contributed by atoms with Crippen LogP contribution in [0.1, 0.15) is 0 Å². The van der Waals surface area contributed by atoms with Gasteiger partial charge in [-0.05, 0) is 60.2 Å².